The fraction of sp³-hybridized carbons (Fsp3) is 0.235. The highest BCUT2D eigenvalue weighted by Crippen LogP contribution is 2.39. The third-order valence-electron chi connectivity index (χ3n) is 3.62. The van der Waals surface area contributed by atoms with Gasteiger partial charge in [0, 0.05) is 5.69 Å². The van der Waals surface area contributed by atoms with Crippen LogP contribution < -0.4 is 15.4 Å². The maximum atomic E-state index is 13.1. The number of urea groups is 1. The van der Waals surface area contributed by atoms with E-state index in [4.69, 9.17) is 0 Å². The molecule has 2 amide bonds. The first kappa shape index (κ1) is 25.9. The minimum Gasteiger partial charge on any atom is -0.406 e. The Morgan fingerprint density at radius 1 is 0.667 bits per heavy atom. The predicted octanol–water partition coefficient (Wildman–Crippen LogP) is 7.29. The predicted molar refractivity (Wildman–Crippen MR) is 87.2 cm³/mol. The maximum absolute atomic E-state index is 13.1. The van der Waals surface area contributed by atoms with Crippen LogP contribution in [0.3, 0.4) is 0 Å². The Labute approximate surface area is 175 Å². The van der Waals surface area contributed by atoms with Gasteiger partial charge in [0.25, 0.3) is 0 Å². The van der Waals surface area contributed by atoms with Crippen molar-refractivity contribution in [1.82, 2.24) is 0 Å². The van der Waals surface area contributed by atoms with Crippen molar-refractivity contribution in [2.45, 2.75) is 24.9 Å². The maximum Gasteiger partial charge on any atom is 0.573 e. The number of nitrogens with one attached hydrogen (secondary N) is 2. The highest BCUT2D eigenvalue weighted by Gasteiger charge is 2.38. The molecule has 0 aliphatic carbocycles. The summed E-state index contributed by atoms with van der Waals surface area (Å²) in [6.45, 7) is 0. The van der Waals surface area contributed by atoms with E-state index >= 15 is 0 Å². The Morgan fingerprint density at radius 3 is 1.61 bits per heavy atom. The fourth-order valence-corrected chi connectivity index (χ4v) is 2.38. The summed E-state index contributed by atoms with van der Waals surface area (Å²) < 4.78 is 157. The van der Waals surface area contributed by atoms with Crippen molar-refractivity contribution < 1.29 is 62.2 Å². The number of anilines is 2. The molecule has 4 nitrogen and oxygen atoms in total. The van der Waals surface area contributed by atoms with Gasteiger partial charge in [-0.1, -0.05) is 0 Å². The van der Waals surface area contributed by atoms with Gasteiger partial charge in [0.2, 0.25) is 0 Å². The average Bonchev–Trinajstić information content (AvgIpc) is 2.59. The molecule has 0 heterocycles. The molecule has 0 saturated heterocycles. The monoisotopic (exact) mass is 500 g/mol. The van der Waals surface area contributed by atoms with Gasteiger partial charge in [0.05, 0.1) is 22.4 Å². The van der Waals surface area contributed by atoms with Crippen molar-refractivity contribution in [3.05, 3.63) is 53.1 Å². The Kier molecular flexibility index (Phi) is 6.72. The molecule has 0 unspecified atom stereocenters. The number of alkyl halides is 12. The zero-order valence-electron chi connectivity index (χ0n) is 15.3. The van der Waals surface area contributed by atoms with Gasteiger partial charge >= 0.3 is 30.9 Å². The molecule has 2 aromatic carbocycles. The third-order valence-corrected chi connectivity index (χ3v) is 3.62. The minimum absolute atomic E-state index is 0.0970. The quantitative estimate of drug-likeness (QED) is 0.435. The molecule has 0 aromatic heterocycles. The molecule has 0 aliphatic rings. The van der Waals surface area contributed by atoms with Gasteiger partial charge in [0.1, 0.15) is 5.75 Å². The molecule has 0 spiro atoms. The Bertz CT molecular complexity index is 990. The van der Waals surface area contributed by atoms with Crippen LogP contribution in [0.25, 0.3) is 0 Å². The summed E-state index contributed by atoms with van der Waals surface area (Å²) in [4.78, 5) is 11.9. The molecule has 0 saturated carbocycles. The molecule has 0 radical (unpaired) electrons. The Morgan fingerprint density at radius 2 is 1.18 bits per heavy atom. The largest absolute Gasteiger partial charge is 0.573 e. The molecular formula is C17H8F12N2O2. The van der Waals surface area contributed by atoms with E-state index in [0.29, 0.717) is 12.1 Å². The van der Waals surface area contributed by atoms with E-state index in [-0.39, 0.29) is 24.3 Å². The lowest BCUT2D eigenvalue weighted by atomic mass is 10.1. The van der Waals surface area contributed by atoms with Gasteiger partial charge in [-0.3, -0.25) is 0 Å². The number of halogens is 12. The lowest BCUT2D eigenvalue weighted by Gasteiger charge is -2.17. The molecular weight excluding hydrogens is 492 g/mol. The molecule has 0 aliphatic heterocycles. The first-order valence-electron chi connectivity index (χ1n) is 8.10. The summed E-state index contributed by atoms with van der Waals surface area (Å²) in [5.74, 6) is -1.30. The lowest BCUT2D eigenvalue weighted by molar-refractivity contribution is -0.274. The van der Waals surface area contributed by atoms with Crippen LogP contribution in [0.15, 0.2) is 36.4 Å². The molecule has 16 heteroatoms. The van der Waals surface area contributed by atoms with Crippen molar-refractivity contribution in [2.75, 3.05) is 10.6 Å². The van der Waals surface area contributed by atoms with Crippen molar-refractivity contribution in [3.63, 3.8) is 0 Å². The summed E-state index contributed by atoms with van der Waals surface area (Å²) >= 11 is 0. The van der Waals surface area contributed by atoms with E-state index in [1.807, 2.05) is 0 Å². The second-order valence-corrected chi connectivity index (χ2v) is 6.13. The number of hydrogen-bond acceptors (Lipinski definition) is 2. The Balaban J connectivity index is 2.36. The summed E-state index contributed by atoms with van der Waals surface area (Å²) in [6, 6.07) is -1.14. The second kappa shape index (κ2) is 8.55. The van der Waals surface area contributed by atoms with Gasteiger partial charge in [-0.2, -0.15) is 39.5 Å². The van der Waals surface area contributed by atoms with Gasteiger partial charge in [-0.15, -0.1) is 13.2 Å². The van der Waals surface area contributed by atoms with Gasteiger partial charge in [-0.25, -0.2) is 4.79 Å². The lowest BCUT2D eigenvalue weighted by Crippen LogP contribution is -2.23. The van der Waals surface area contributed by atoms with Crippen LogP contribution in [0.5, 0.6) is 5.75 Å². The number of amides is 2. The number of hydrogen-bond donors (Lipinski definition) is 2. The number of benzene rings is 2. The van der Waals surface area contributed by atoms with E-state index in [0.717, 1.165) is 0 Å². The Hall–Kier alpha value is -3.33. The van der Waals surface area contributed by atoms with E-state index < -0.39 is 64.7 Å². The summed E-state index contributed by atoms with van der Waals surface area (Å²) in [5, 5.41) is 3.02. The van der Waals surface area contributed by atoms with Crippen LogP contribution in [0.4, 0.5) is 68.9 Å². The SMILES string of the molecule is O=C(Nc1cc(C(F)(F)F)cc(C(F)(F)F)c1)Nc1ccc(OC(F)(F)F)cc1C(F)(F)F. The highest BCUT2D eigenvalue weighted by molar-refractivity contribution is 6.00. The first-order chi connectivity index (χ1) is 14.8. The normalized spacial score (nSPS) is 13.0. The van der Waals surface area contributed by atoms with E-state index in [9.17, 15) is 57.5 Å². The average molecular weight is 500 g/mol. The van der Waals surface area contributed by atoms with Crippen molar-refractivity contribution in [2.24, 2.45) is 0 Å². The van der Waals surface area contributed by atoms with Crippen molar-refractivity contribution in [3.8, 4) is 5.75 Å². The molecule has 182 valence electrons. The molecule has 33 heavy (non-hydrogen) atoms. The topological polar surface area (TPSA) is 50.4 Å². The standard InChI is InChI=1S/C17H8F12N2O2/c18-14(19,20)7-3-8(15(21,22)23)5-9(4-7)30-13(32)31-12-2-1-10(33-17(27,28)29)6-11(12)16(24,25)26/h1-6H,(H2,30,31,32). The molecule has 0 atom stereocenters. The van der Waals surface area contributed by atoms with Crippen LogP contribution in [-0.4, -0.2) is 12.4 Å². The van der Waals surface area contributed by atoms with Gasteiger partial charge in [-0.05, 0) is 36.4 Å². The molecule has 0 fully saturated rings. The summed E-state index contributed by atoms with van der Waals surface area (Å²) in [5.41, 5.74) is -7.67. The second-order valence-electron chi connectivity index (χ2n) is 6.13. The molecule has 2 rings (SSSR count). The van der Waals surface area contributed by atoms with Crippen LogP contribution in [0.1, 0.15) is 16.7 Å². The van der Waals surface area contributed by atoms with E-state index in [1.165, 1.54) is 10.6 Å². The van der Waals surface area contributed by atoms with Gasteiger partial charge < -0.3 is 15.4 Å². The minimum atomic E-state index is -5.34. The van der Waals surface area contributed by atoms with E-state index in [1.54, 1.807) is 0 Å². The number of carbonyl (C=O) groups is 1. The zero-order valence-corrected chi connectivity index (χ0v) is 15.3. The zero-order chi connectivity index (χ0) is 25.4. The fourth-order valence-electron chi connectivity index (χ4n) is 2.38. The van der Waals surface area contributed by atoms with Crippen molar-refractivity contribution >= 4 is 17.4 Å². The molecule has 2 aromatic rings. The molecule has 0 bridgehead atoms. The van der Waals surface area contributed by atoms with Crippen LogP contribution in [-0.2, 0) is 18.5 Å². The smallest absolute Gasteiger partial charge is 0.406 e. The van der Waals surface area contributed by atoms with Crippen molar-refractivity contribution in [1.29, 1.82) is 0 Å². The summed E-state index contributed by atoms with van der Waals surface area (Å²) in [6.07, 6.45) is -21.2. The van der Waals surface area contributed by atoms with Crippen LogP contribution in [0.2, 0.25) is 0 Å². The molecule has 2 N–H and O–H groups in total. The first-order valence-corrected chi connectivity index (χ1v) is 8.10. The van der Waals surface area contributed by atoms with Crippen LogP contribution in [0, 0.1) is 0 Å². The summed E-state index contributed by atoms with van der Waals surface area (Å²) in [7, 11) is 0. The van der Waals surface area contributed by atoms with Crippen LogP contribution >= 0.6 is 0 Å². The number of ether oxygens (including phenoxy) is 1. The number of rotatable bonds is 3. The van der Waals surface area contributed by atoms with Gasteiger partial charge in [0.15, 0.2) is 0 Å². The third kappa shape index (κ3) is 7.35. The number of carbonyl (C=O) groups excluding carboxylic acids is 1. The highest BCUT2D eigenvalue weighted by atomic mass is 19.4. The van der Waals surface area contributed by atoms with E-state index in [2.05, 4.69) is 4.74 Å².